The van der Waals surface area contributed by atoms with Crippen molar-refractivity contribution in [2.75, 3.05) is 7.11 Å². The topological polar surface area (TPSA) is 34.1 Å². The number of methoxy groups -OCH3 is 1. The summed E-state index contributed by atoms with van der Waals surface area (Å²) < 4.78 is 6.93. The van der Waals surface area contributed by atoms with Crippen LogP contribution in [-0.4, -0.2) is 12.1 Å². The van der Waals surface area contributed by atoms with Gasteiger partial charge < -0.3 is 10.1 Å². The Morgan fingerprint density at radius 3 is 3.00 bits per heavy atom. The van der Waals surface area contributed by atoms with Gasteiger partial charge in [-0.2, -0.15) is 0 Å². The van der Waals surface area contributed by atoms with Gasteiger partial charge in [0.15, 0.2) is 0 Å². The number of thiophene rings is 1. The molecular formula is C12H12BrClN2OS. The van der Waals surface area contributed by atoms with Crippen LogP contribution in [0.3, 0.4) is 0 Å². The molecule has 0 aliphatic heterocycles. The van der Waals surface area contributed by atoms with Crippen LogP contribution in [0.1, 0.15) is 10.4 Å². The summed E-state index contributed by atoms with van der Waals surface area (Å²) >= 11 is 11.0. The SMILES string of the molecule is COc1ncccc1CNCc1cc(Br)c(Cl)s1. The molecule has 1 N–H and O–H groups in total. The molecule has 3 nitrogen and oxygen atoms in total. The van der Waals surface area contributed by atoms with Gasteiger partial charge in [0.05, 0.1) is 7.11 Å². The van der Waals surface area contributed by atoms with Crippen molar-refractivity contribution in [3.63, 3.8) is 0 Å². The zero-order valence-electron chi connectivity index (χ0n) is 9.74. The van der Waals surface area contributed by atoms with E-state index in [0.717, 1.165) is 20.9 Å². The van der Waals surface area contributed by atoms with Gasteiger partial charge in [-0.3, -0.25) is 0 Å². The second-order valence-corrected chi connectivity index (χ2v) is 6.20. The van der Waals surface area contributed by atoms with Crippen LogP contribution in [0.25, 0.3) is 0 Å². The molecule has 0 fully saturated rings. The van der Waals surface area contributed by atoms with E-state index in [4.69, 9.17) is 16.3 Å². The molecule has 0 radical (unpaired) electrons. The van der Waals surface area contributed by atoms with Crippen molar-refractivity contribution >= 4 is 38.9 Å². The van der Waals surface area contributed by atoms with E-state index in [9.17, 15) is 0 Å². The molecule has 0 bridgehead atoms. The molecule has 18 heavy (non-hydrogen) atoms. The fraction of sp³-hybridized carbons (Fsp3) is 0.250. The first kappa shape index (κ1) is 13.8. The van der Waals surface area contributed by atoms with Crippen molar-refractivity contribution < 1.29 is 4.74 Å². The van der Waals surface area contributed by atoms with E-state index >= 15 is 0 Å². The average molecular weight is 348 g/mol. The van der Waals surface area contributed by atoms with Gasteiger partial charge in [-0.15, -0.1) is 11.3 Å². The largest absolute Gasteiger partial charge is 0.481 e. The summed E-state index contributed by atoms with van der Waals surface area (Å²) in [4.78, 5) is 5.34. The van der Waals surface area contributed by atoms with Crippen molar-refractivity contribution in [2.45, 2.75) is 13.1 Å². The van der Waals surface area contributed by atoms with E-state index in [2.05, 4.69) is 26.2 Å². The predicted molar refractivity (Wildman–Crippen MR) is 78.4 cm³/mol. The number of hydrogen-bond acceptors (Lipinski definition) is 4. The minimum Gasteiger partial charge on any atom is -0.481 e. The summed E-state index contributed by atoms with van der Waals surface area (Å²) in [7, 11) is 1.63. The zero-order valence-corrected chi connectivity index (χ0v) is 12.9. The Balaban J connectivity index is 1.92. The first-order valence-electron chi connectivity index (χ1n) is 5.33. The van der Waals surface area contributed by atoms with E-state index in [-0.39, 0.29) is 0 Å². The molecule has 2 aromatic rings. The van der Waals surface area contributed by atoms with Gasteiger partial charge in [0.1, 0.15) is 4.34 Å². The quantitative estimate of drug-likeness (QED) is 0.892. The number of aromatic nitrogens is 1. The van der Waals surface area contributed by atoms with Gasteiger partial charge in [0, 0.05) is 34.2 Å². The normalized spacial score (nSPS) is 10.6. The van der Waals surface area contributed by atoms with E-state index in [1.165, 1.54) is 4.88 Å². The van der Waals surface area contributed by atoms with Gasteiger partial charge in [-0.25, -0.2) is 4.98 Å². The van der Waals surface area contributed by atoms with Crippen LogP contribution in [-0.2, 0) is 13.1 Å². The Morgan fingerprint density at radius 2 is 2.33 bits per heavy atom. The maximum absolute atomic E-state index is 5.99. The Labute approximate surface area is 123 Å². The zero-order chi connectivity index (χ0) is 13.0. The van der Waals surface area contributed by atoms with Crippen LogP contribution in [0.15, 0.2) is 28.9 Å². The lowest BCUT2D eigenvalue weighted by atomic mass is 10.2. The molecule has 0 aliphatic rings. The molecule has 0 saturated heterocycles. The first-order chi connectivity index (χ1) is 8.70. The summed E-state index contributed by atoms with van der Waals surface area (Å²) in [6, 6.07) is 5.93. The fourth-order valence-electron chi connectivity index (χ4n) is 1.54. The van der Waals surface area contributed by atoms with Crippen LogP contribution in [0.4, 0.5) is 0 Å². The van der Waals surface area contributed by atoms with E-state index in [0.29, 0.717) is 12.4 Å². The van der Waals surface area contributed by atoms with Crippen molar-refractivity contribution in [1.29, 1.82) is 0 Å². The molecule has 0 saturated carbocycles. The summed E-state index contributed by atoms with van der Waals surface area (Å²) in [5.41, 5.74) is 1.04. The number of ether oxygens (including phenoxy) is 1. The van der Waals surface area contributed by atoms with Crippen molar-refractivity contribution in [2.24, 2.45) is 0 Å². The summed E-state index contributed by atoms with van der Waals surface area (Å²) in [6.07, 6.45) is 1.72. The van der Waals surface area contributed by atoms with E-state index < -0.39 is 0 Å². The number of nitrogens with one attached hydrogen (secondary N) is 1. The first-order valence-corrected chi connectivity index (χ1v) is 7.31. The fourth-order valence-corrected chi connectivity index (χ4v) is 3.30. The Kier molecular flexibility index (Phi) is 5.00. The third kappa shape index (κ3) is 3.45. The van der Waals surface area contributed by atoms with Crippen molar-refractivity contribution in [1.82, 2.24) is 10.3 Å². The highest BCUT2D eigenvalue weighted by Crippen LogP contribution is 2.31. The minimum absolute atomic E-state index is 0.662. The Morgan fingerprint density at radius 1 is 1.50 bits per heavy atom. The lowest BCUT2D eigenvalue weighted by molar-refractivity contribution is 0.390. The highest BCUT2D eigenvalue weighted by molar-refractivity contribution is 9.10. The van der Waals surface area contributed by atoms with Gasteiger partial charge >= 0.3 is 0 Å². The smallest absolute Gasteiger partial charge is 0.217 e. The van der Waals surface area contributed by atoms with Crippen LogP contribution < -0.4 is 10.1 Å². The monoisotopic (exact) mass is 346 g/mol. The number of pyridine rings is 1. The number of halogens is 2. The molecule has 6 heteroatoms. The lowest BCUT2D eigenvalue weighted by Crippen LogP contribution is -2.12. The lowest BCUT2D eigenvalue weighted by Gasteiger charge is -2.07. The molecule has 96 valence electrons. The van der Waals surface area contributed by atoms with E-state index in [1.807, 2.05) is 18.2 Å². The van der Waals surface area contributed by atoms with Crippen molar-refractivity contribution in [3.8, 4) is 5.88 Å². The van der Waals surface area contributed by atoms with Gasteiger partial charge in [0.25, 0.3) is 0 Å². The summed E-state index contributed by atoms with van der Waals surface area (Å²) in [5, 5.41) is 3.34. The molecule has 0 aromatic carbocycles. The standard InChI is InChI=1S/C12H12BrClN2OS/c1-17-12-8(3-2-4-16-12)6-15-7-9-5-10(13)11(14)18-9/h2-5,15H,6-7H2,1H3. The summed E-state index contributed by atoms with van der Waals surface area (Å²) in [5.74, 6) is 0.662. The van der Waals surface area contributed by atoms with E-state index in [1.54, 1.807) is 24.6 Å². The highest BCUT2D eigenvalue weighted by atomic mass is 79.9. The molecule has 2 rings (SSSR count). The second kappa shape index (κ2) is 6.52. The molecule has 0 unspecified atom stereocenters. The third-order valence-corrected chi connectivity index (χ3v) is 4.83. The maximum atomic E-state index is 5.99. The Bertz CT molecular complexity index is 513. The summed E-state index contributed by atoms with van der Waals surface area (Å²) in [6.45, 7) is 1.48. The number of hydrogen-bond donors (Lipinski definition) is 1. The highest BCUT2D eigenvalue weighted by Gasteiger charge is 2.05. The van der Waals surface area contributed by atoms with Crippen molar-refractivity contribution in [3.05, 3.63) is 43.6 Å². The average Bonchev–Trinajstić information content (AvgIpc) is 2.69. The Hall–Kier alpha value is -0.620. The predicted octanol–water partition coefficient (Wildman–Crippen LogP) is 3.86. The minimum atomic E-state index is 0.662. The molecule has 0 spiro atoms. The molecule has 2 aromatic heterocycles. The molecule has 0 atom stereocenters. The van der Waals surface area contributed by atoms with Gasteiger partial charge in [0.2, 0.25) is 5.88 Å². The maximum Gasteiger partial charge on any atom is 0.217 e. The molecular weight excluding hydrogens is 336 g/mol. The second-order valence-electron chi connectivity index (χ2n) is 3.61. The molecule has 2 heterocycles. The van der Waals surface area contributed by atoms with Crippen LogP contribution in [0.2, 0.25) is 4.34 Å². The van der Waals surface area contributed by atoms with Gasteiger partial charge in [-0.1, -0.05) is 17.7 Å². The molecule has 0 amide bonds. The van der Waals surface area contributed by atoms with Crippen LogP contribution in [0.5, 0.6) is 5.88 Å². The third-order valence-electron chi connectivity index (χ3n) is 2.35. The molecule has 0 aliphatic carbocycles. The van der Waals surface area contributed by atoms with Gasteiger partial charge in [-0.05, 0) is 28.1 Å². The number of nitrogens with zero attached hydrogens (tertiary/aromatic N) is 1. The number of rotatable bonds is 5. The van der Waals surface area contributed by atoms with Crippen LogP contribution in [0, 0.1) is 0 Å². The van der Waals surface area contributed by atoms with Crippen LogP contribution >= 0.6 is 38.9 Å².